The second-order valence-corrected chi connectivity index (χ2v) is 2.75. The molecule has 0 atom stereocenters. The fourth-order valence-electron chi connectivity index (χ4n) is 1.03. The maximum Gasteiger partial charge on any atom is 0.338 e. The standard InChI is InChI=1S/C9H8FNO3/c1-4(11)5-2-3-6(9(13)14)7(10)8(5)12/h2-3,11-12H,1H3,(H,13,14). The number of hydrogen-bond acceptors (Lipinski definition) is 3. The van der Waals surface area contributed by atoms with Gasteiger partial charge in [-0.1, -0.05) is 0 Å². The van der Waals surface area contributed by atoms with Crippen LogP contribution in [0.1, 0.15) is 22.8 Å². The van der Waals surface area contributed by atoms with Crippen molar-refractivity contribution in [1.29, 1.82) is 5.41 Å². The molecule has 0 aliphatic heterocycles. The lowest BCUT2D eigenvalue weighted by atomic mass is 10.1. The highest BCUT2D eigenvalue weighted by atomic mass is 19.1. The second kappa shape index (κ2) is 3.45. The molecule has 0 aliphatic carbocycles. The largest absolute Gasteiger partial charge is 0.504 e. The first-order chi connectivity index (χ1) is 6.45. The summed E-state index contributed by atoms with van der Waals surface area (Å²) >= 11 is 0. The Morgan fingerprint density at radius 3 is 2.36 bits per heavy atom. The predicted octanol–water partition coefficient (Wildman–Crippen LogP) is 1.62. The zero-order valence-electron chi connectivity index (χ0n) is 7.34. The van der Waals surface area contributed by atoms with Gasteiger partial charge in [-0.2, -0.15) is 0 Å². The van der Waals surface area contributed by atoms with Crippen LogP contribution in [0.15, 0.2) is 12.1 Å². The van der Waals surface area contributed by atoms with Crippen LogP contribution in [0.3, 0.4) is 0 Å². The maximum atomic E-state index is 13.1. The average Bonchev–Trinajstić information content (AvgIpc) is 2.08. The Morgan fingerprint density at radius 2 is 1.93 bits per heavy atom. The van der Waals surface area contributed by atoms with Gasteiger partial charge < -0.3 is 15.6 Å². The molecular formula is C9H8FNO3. The Hall–Kier alpha value is -1.91. The summed E-state index contributed by atoms with van der Waals surface area (Å²) < 4.78 is 13.1. The van der Waals surface area contributed by atoms with Crippen LogP contribution >= 0.6 is 0 Å². The van der Waals surface area contributed by atoms with Crippen molar-refractivity contribution in [1.82, 2.24) is 0 Å². The van der Waals surface area contributed by atoms with Gasteiger partial charge in [0.2, 0.25) is 0 Å². The molecule has 0 radical (unpaired) electrons. The fraction of sp³-hybridized carbons (Fsp3) is 0.111. The zero-order chi connectivity index (χ0) is 10.9. The number of benzene rings is 1. The van der Waals surface area contributed by atoms with Crippen LogP contribution in [0.5, 0.6) is 5.75 Å². The smallest absolute Gasteiger partial charge is 0.338 e. The Kier molecular flexibility index (Phi) is 2.51. The van der Waals surface area contributed by atoms with E-state index in [1.807, 2.05) is 0 Å². The summed E-state index contributed by atoms with van der Waals surface area (Å²) in [7, 11) is 0. The third-order valence-electron chi connectivity index (χ3n) is 1.75. The molecule has 0 heterocycles. The van der Waals surface area contributed by atoms with Crippen LogP contribution in [-0.2, 0) is 0 Å². The molecule has 0 saturated carbocycles. The maximum absolute atomic E-state index is 13.1. The number of carboxylic acid groups (broad SMARTS) is 1. The summed E-state index contributed by atoms with van der Waals surface area (Å²) in [6.07, 6.45) is 0. The van der Waals surface area contributed by atoms with Crippen LogP contribution in [0.25, 0.3) is 0 Å². The van der Waals surface area contributed by atoms with Crippen molar-refractivity contribution in [3.05, 3.63) is 29.1 Å². The normalized spacial score (nSPS) is 9.86. The lowest BCUT2D eigenvalue weighted by Gasteiger charge is -2.05. The number of phenols is 1. The number of aromatic carboxylic acids is 1. The van der Waals surface area contributed by atoms with Crippen LogP contribution in [0, 0.1) is 11.2 Å². The van der Waals surface area contributed by atoms with Gasteiger partial charge in [-0.05, 0) is 19.1 Å². The van der Waals surface area contributed by atoms with Gasteiger partial charge in [0.1, 0.15) is 0 Å². The van der Waals surface area contributed by atoms with E-state index >= 15 is 0 Å². The van der Waals surface area contributed by atoms with Crippen molar-refractivity contribution in [3.63, 3.8) is 0 Å². The monoisotopic (exact) mass is 197 g/mol. The molecule has 0 unspecified atom stereocenters. The van der Waals surface area contributed by atoms with Gasteiger partial charge in [0.25, 0.3) is 0 Å². The van der Waals surface area contributed by atoms with Crippen molar-refractivity contribution in [2.75, 3.05) is 0 Å². The van der Waals surface area contributed by atoms with Gasteiger partial charge in [0.05, 0.1) is 5.56 Å². The average molecular weight is 197 g/mol. The second-order valence-electron chi connectivity index (χ2n) is 2.75. The highest BCUT2D eigenvalue weighted by molar-refractivity contribution is 6.00. The summed E-state index contributed by atoms with van der Waals surface area (Å²) in [5.74, 6) is -3.45. The van der Waals surface area contributed by atoms with Gasteiger partial charge in [-0.15, -0.1) is 0 Å². The molecule has 5 heteroatoms. The molecule has 0 spiro atoms. The van der Waals surface area contributed by atoms with E-state index in [1.165, 1.54) is 13.0 Å². The molecule has 1 rings (SSSR count). The fourth-order valence-corrected chi connectivity index (χ4v) is 1.03. The summed E-state index contributed by atoms with van der Waals surface area (Å²) in [6.45, 7) is 1.37. The van der Waals surface area contributed by atoms with Gasteiger partial charge in [0.15, 0.2) is 11.6 Å². The van der Waals surface area contributed by atoms with Crippen LogP contribution < -0.4 is 0 Å². The van der Waals surface area contributed by atoms with Gasteiger partial charge >= 0.3 is 5.97 Å². The number of carboxylic acids is 1. The van der Waals surface area contributed by atoms with E-state index in [-0.39, 0.29) is 11.3 Å². The molecule has 1 aromatic carbocycles. The summed E-state index contributed by atoms with van der Waals surface area (Å²) in [5.41, 5.74) is -0.640. The van der Waals surface area contributed by atoms with E-state index in [1.54, 1.807) is 0 Å². The first kappa shape index (κ1) is 10.2. The molecule has 0 amide bonds. The minimum atomic E-state index is -1.45. The topological polar surface area (TPSA) is 81.4 Å². The number of rotatable bonds is 2. The predicted molar refractivity (Wildman–Crippen MR) is 47.5 cm³/mol. The van der Waals surface area contributed by atoms with Gasteiger partial charge in [-0.3, -0.25) is 0 Å². The first-order valence-electron chi connectivity index (χ1n) is 3.75. The Bertz CT molecular complexity index is 376. The van der Waals surface area contributed by atoms with E-state index in [2.05, 4.69) is 0 Å². The van der Waals surface area contributed by atoms with E-state index in [4.69, 9.17) is 10.5 Å². The molecule has 0 bridgehead atoms. The number of aromatic hydroxyl groups is 1. The summed E-state index contributed by atoms with van der Waals surface area (Å²) in [5, 5.41) is 24.9. The minimum Gasteiger partial charge on any atom is -0.504 e. The van der Waals surface area contributed by atoms with Gasteiger partial charge in [-0.25, -0.2) is 9.18 Å². The quantitative estimate of drug-likeness (QED) is 0.630. The van der Waals surface area contributed by atoms with Crippen molar-refractivity contribution < 1.29 is 19.4 Å². The van der Waals surface area contributed by atoms with E-state index in [0.29, 0.717) is 0 Å². The van der Waals surface area contributed by atoms with Crippen LogP contribution in [0.2, 0.25) is 0 Å². The Labute approximate surface area is 79.1 Å². The lowest BCUT2D eigenvalue weighted by molar-refractivity contribution is 0.0691. The van der Waals surface area contributed by atoms with Crippen LogP contribution in [0.4, 0.5) is 4.39 Å². The minimum absolute atomic E-state index is 0.00694. The number of nitrogens with one attached hydrogen (secondary N) is 1. The Balaban J connectivity index is 3.41. The highest BCUT2D eigenvalue weighted by Crippen LogP contribution is 2.24. The SMILES string of the molecule is CC(=N)c1ccc(C(=O)O)c(F)c1O. The third-order valence-corrected chi connectivity index (χ3v) is 1.75. The van der Waals surface area contributed by atoms with Crippen LogP contribution in [-0.4, -0.2) is 21.9 Å². The van der Waals surface area contributed by atoms with Crippen molar-refractivity contribution in [3.8, 4) is 5.75 Å². The molecular weight excluding hydrogens is 189 g/mol. The van der Waals surface area contributed by atoms with Crippen molar-refractivity contribution in [2.24, 2.45) is 0 Å². The van der Waals surface area contributed by atoms with E-state index in [0.717, 1.165) is 6.07 Å². The number of hydrogen-bond donors (Lipinski definition) is 3. The van der Waals surface area contributed by atoms with Gasteiger partial charge in [0, 0.05) is 11.3 Å². The molecule has 74 valence electrons. The molecule has 1 aromatic rings. The van der Waals surface area contributed by atoms with E-state index < -0.39 is 23.1 Å². The van der Waals surface area contributed by atoms with Crippen molar-refractivity contribution in [2.45, 2.75) is 6.92 Å². The molecule has 0 fully saturated rings. The number of phenolic OH excluding ortho intramolecular Hbond substituents is 1. The molecule has 0 aliphatic rings. The molecule has 0 aromatic heterocycles. The summed E-state index contributed by atoms with van der Waals surface area (Å²) in [4.78, 5) is 10.5. The highest BCUT2D eigenvalue weighted by Gasteiger charge is 2.17. The van der Waals surface area contributed by atoms with E-state index in [9.17, 15) is 14.3 Å². The first-order valence-corrected chi connectivity index (χ1v) is 3.75. The lowest BCUT2D eigenvalue weighted by Crippen LogP contribution is -2.03. The third kappa shape index (κ3) is 1.56. The number of carbonyl (C=O) groups is 1. The molecule has 0 saturated heterocycles. The van der Waals surface area contributed by atoms with Crippen molar-refractivity contribution >= 4 is 11.7 Å². The molecule has 3 N–H and O–H groups in total. The summed E-state index contributed by atoms with van der Waals surface area (Å²) in [6, 6.07) is 2.22. The molecule has 4 nitrogen and oxygen atoms in total. The zero-order valence-corrected chi connectivity index (χ0v) is 7.34. The number of halogens is 1. The Morgan fingerprint density at radius 1 is 1.43 bits per heavy atom. The molecule has 14 heavy (non-hydrogen) atoms.